The highest BCUT2D eigenvalue weighted by molar-refractivity contribution is 5.99. The van der Waals surface area contributed by atoms with Gasteiger partial charge in [-0.25, -0.2) is 4.68 Å². The fourth-order valence-electron chi connectivity index (χ4n) is 4.02. The van der Waals surface area contributed by atoms with Crippen molar-refractivity contribution in [3.8, 4) is 17.0 Å². The molecule has 1 saturated heterocycles. The first-order valence-electron chi connectivity index (χ1n) is 9.89. The van der Waals surface area contributed by atoms with E-state index in [-0.39, 0.29) is 24.4 Å². The first kappa shape index (κ1) is 18.5. The Bertz CT molecular complexity index is 874. The van der Waals surface area contributed by atoms with Crippen molar-refractivity contribution in [1.29, 1.82) is 0 Å². The number of rotatable bonds is 4. The lowest BCUT2D eigenvalue weighted by Crippen LogP contribution is -2.49. The molecule has 2 amide bonds. The third-order valence-corrected chi connectivity index (χ3v) is 5.68. The smallest absolute Gasteiger partial charge is 0.242 e. The lowest BCUT2D eigenvalue weighted by atomic mass is 10.0. The van der Waals surface area contributed by atoms with Crippen LogP contribution in [0.5, 0.6) is 5.75 Å². The number of likely N-dealkylation sites (tertiary alicyclic amines) is 1. The lowest BCUT2D eigenvalue weighted by molar-refractivity contribution is -0.134. The van der Waals surface area contributed by atoms with Gasteiger partial charge in [0.25, 0.3) is 0 Å². The minimum absolute atomic E-state index is 0.0150. The second-order valence-corrected chi connectivity index (χ2v) is 7.50. The molecule has 28 heavy (non-hydrogen) atoms. The summed E-state index contributed by atoms with van der Waals surface area (Å²) in [4.78, 5) is 29.0. The average Bonchev–Trinajstić information content (AvgIpc) is 3.15. The van der Waals surface area contributed by atoms with Crippen molar-refractivity contribution in [3.05, 3.63) is 30.3 Å². The number of piperidine rings is 1. The molecule has 7 heteroatoms. The standard InChI is InChI=1S/C21H26N4O3/c1-15-5-3-4-11-23(15)21(27)14-24-19-13-18(22-25(19)12-10-20(24)26)16-6-8-17(28-2)9-7-16/h6-9,13,15H,3-5,10-12,14H2,1-2H3. The van der Waals surface area contributed by atoms with E-state index in [0.717, 1.165) is 42.8 Å². The van der Waals surface area contributed by atoms with Crippen LogP contribution in [0.15, 0.2) is 30.3 Å². The number of methoxy groups -OCH3 is 1. The van der Waals surface area contributed by atoms with Gasteiger partial charge in [0, 0.05) is 30.6 Å². The third-order valence-electron chi connectivity index (χ3n) is 5.68. The van der Waals surface area contributed by atoms with Crippen molar-refractivity contribution in [3.63, 3.8) is 0 Å². The van der Waals surface area contributed by atoms with E-state index in [4.69, 9.17) is 4.74 Å². The quantitative estimate of drug-likeness (QED) is 0.815. The largest absolute Gasteiger partial charge is 0.497 e. The summed E-state index contributed by atoms with van der Waals surface area (Å²) in [6.45, 7) is 3.48. The fraction of sp³-hybridized carbons (Fsp3) is 0.476. The molecule has 0 spiro atoms. The molecule has 0 N–H and O–H groups in total. The molecule has 3 heterocycles. The van der Waals surface area contributed by atoms with Crippen LogP contribution in [0.2, 0.25) is 0 Å². The van der Waals surface area contributed by atoms with Crippen LogP contribution < -0.4 is 9.64 Å². The van der Waals surface area contributed by atoms with Crippen LogP contribution >= 0.6 is 0 Å². The van der Waals surface area contributed by atoms with E-state index in [1.807, 2.05) is 39.9 Å². The van der Waals surface area contributed by atoms with Crippen LogP contribution in [0.25, 0.3) is 11.3 Å². The molecule has 1 aromatic heterocycles. The Morgan fingerprint density at radius 1 is 1.21 bits per heavy atom. The molecular formula is C21H26N4O3. The van der Waals surface area contributed by atoms with E-state index in [1.165, 1.54) is 0 Å². The summed E-state index contributed by atoms with van der Waals surface area (Å²) < 4.78 is 7.03. The van der Waals surface area contributed by atoms with E-state index in [0.29, 0.717) is 18.8 Å². The minimum Gasteiger partial charge on any atom is -0.497 e. The number of aromatic nitrogens is 2. The summed E-state index contributed by atoms with van der Waals surface area (Å²) in [7, 11) is 1.63. The molecule has 1 atom stereocenters. The second kappa shape index (κ2) is 7.66. The fourth-order valence-corrected chi connectivity index (χ4v) is 4.02. The highest BCUT2D eigenvalue weighted by Gasteiger charge is 2.31. The summed E-state index contributed by atoms with van der Waals surface area (Å²) in [5.74, 6) is 1.47. The number of benzene rings is 1. The highest BCUT2D eigenvalue weighted by Crippen LogP contribution is 2.29. The van der Waals surface area contributed by atoms with Crippen molar-refractivity contribution in [2.75, 3.05) is 25.1 Å². The zero-order chi connectivity index (χ0) is 19.7. The number of hydrogen-bond donors (Lipinski definition) is 0. The zero-order valence-corrected chi connectivity index (χ0v) is 16.4. The van der Waals surface area contributed by atoms with Crippen LogP contribution in [0.3, 0.4) is 0 Å². The monoisotopic (exact) mass is 382 g/mol. The molecular weight excluding hydrogens is 356 g/mol. The molecule has 2 aliphatic rings. The van der Waals surface area contributed by atoms with Gasteiger partial charge in [0.1, 0.15) is 18.1 Å². The molecule has 1 aromatic carbocycles. The number of fused-ring (bicyclic) bond motifs is 1. The maximum Gasteiger partial charge on any atom is 0.242 e. The van der Waals surface area contributed by atoms with Crippen LogP contribution in [0.4, 0.5) is 5.82 Å². The second-order valence-electron chi connectivity index (χ2n) is 7.50. The molecule has 4 rings (SSSR count). The number of hydrogen-bond acceptors (Lipinski definition) is 4. The number of aryl methyl sites for hydroxylation is 1. The van der Waals surface area contributed by atoms with Gasteiger partial charge in [-0.05, 0) is 50.5 Å². The Kier molecular flexibility index (Phi) is 5.07. The molecule has 2 aromatic rings. The lowest BCUT2D eigenvalue weighted by Gasteiger charge is -2.35. The topological polar surface area (TPSA) is 67.7 Å². The summed E-state index contributed by atoms with van der Waals surface area (Å²) in [5.41, 5.74) is 1.74. The maximum atomic E-state index is 12.9. The van der Waals surface area contributed by atoms with Gasteiger partial charge in [0.15, 0.2) is 0 Å². The Morgan fingerprint density at radius 2 is 2.00 bits per heavy atom. The number of carbonyl (C=O) groups excluding carboxylic acids is 2. The molecule has 1 unspecified atom stereocenters. The molecule has 1 fully saturated rings. The third kappa shape index (κ3) is 3.48. The predicted molar refractivity (Wildman–Crippen MR) is 106 cm³/mol. The minimum atomic E-state index is -0.0216. The van der Waals surface area contributed by atoms with Gasteiger partial charge in [-0.2, -0.15) is 5.10 Å². The van der Waals surface area contributed by atoms with Gasteiger partial charge < -0.3 is 9.64 Å². The summed E-state index contributed by atoms with van der Waals surface area (Å²) in [5, 5.41) is 4.65. The Labute approximate surface area is 164 Å². The molecule has 0 radical (unpaired) electrons. The number of anilines is 1. The van der Waals surface area contributed by atoms with E-state index in [9.17, 15) is 9.59 Å². The van der Waals surface area contributed by atoms with Gasteiger partial charge in [-0.1, -0.05) is 0 Å². The molecule has 0 bridgehead atoms. The van der Waals surface area contributed by atoms with Crippen molar-refractivity contribution < 1.29 is 14.3 Å². The molecule has 0 aliphatic carbocycles. The first-order valence-corrected chi connectivity index (χ1v) is 9.89. The normalized spacial score (nSPS) is 19.5. The summed E-state index contributed by atoms with van der Waals surface area (Å²) >= 11 is 0. The number of nitrogens with zero attached hydrogens (tertiary/aromatic N) is 4. The molecule has 2 aliphatic heterocycles. The Balaban J connectivity index is 1.57. The SMILES string of the molecule is COc1ccc(-c2cc3n(n2)CCC(=O)N3CC(=O)N2CCCCC2C)cc1. The van der Waals surface area contributed by atoms with Gasteiger partial charge in [-0.3, -0.25) is 14.5 Å². The number of ether oxygens (including phenoxy) is 1. The molecule has 0 saturated carbocycles. The summed E-state index contributed by atoms with van der Waals surface area (Å²) in [6, 6.07) is 9.79. The van der Waals surface area contributed by atoms with Gasteiger partial charge in [-0.15, -0.1) is 0 Å². The van der Waals surface area contributed by atoms with Crippen molar-refractivity contribution in [1.82, 2.24) is 14.7 Å². The zero-order valence-electron chi connectivity index (χ0n) is 16.4. The Morgan fingerprint density at radius 3 is 2.71 bits per heavy atom. The molecule has 148 valence electrons. The van der Waals surface area contributed by atoms with Gasteiger partial charge >= 0.3 is 0 Å². The first-order chi connectivity index (χ1) is 13.6. The van der Waals surface area contributed by atoms with E-state index in [1.54, 1.807) is 12.0 Å². The van der Waals surface area contributed by atoms with Crippen LogP contribution in [-0.2, 0) is 16.1 Å². The van der Waals surface area contributed by atoms with Crippen molar-refractivity contribution in [2.24, 2.45) is 0 Å². The number of carbonyl (C=O) groups is 2. The van der Waals surface area contributed by atoms with Crippen LogP contribution in [0, 0.1) is 0 Å². The van der Waals surface area contributed by atoms with Gasteiger partial charge in [0.05, 0.1) is 19.3 Å². The van der Waals surface area contributed by atoms with Crippen molar-refractivity contribution >= 4 is 17.6 Å². The highest BCUT2D eigenvalue weighted by atomic mass is 16.5. The average molecular weight is 382 g/mol. The van der Waals surface area contributed by atoms with E-state index in [2.05, 4.69) is 12.0 Å². The van der Waals surface area contributed by atoms with E-state index >= 15 is 0 Å². The van der Waals surface area contributed by atoms with Crippen LogP contribution in [0.1, 0.15) is 32.6 Å². The Hall–Kier alpha value is -2.83. The predicted octanol–water partition coefficient (Wildman–Crippen LogP) is 2.70. The number of amides is 2. The van der Waals surface area contributed by atoms with Crippen molar-refractivity contribution in [2.45, 2.75) is 45.2 Å². The van der Waals surface area contributed by atoms with Crippen LogP contribution in [-0.4, -0.2) is 52.7 Å². The van der Waals surface area contributed by atoms with Gasteiger partial charge in [0.2, 0.25) is 11.8 Å². The molecule has 7 nitrogen and oxygen atoms in total. The maximum absolute atomic E-state index is 12.9. The summed E-state index contributed by atoms with van der Waals surface area (Å²) in [6.07, 6.45) is 3.58. The van der Waals surface area contributed by atoms with E-state index < -0.39 is 0 Å².